The zero-order valence-corrected chi connectivity index (χ0v) is 13.5. The maximum atomic E-state index is 13.6. The third kappa shape index (κ3) is 3.29. The fourth-order valence-corrected chi connectivity index (χ4v) is 3.37. The highest BCUT2D eigenvalue weighted by Crippen LogP contribution is 2.33. The lowest BCUT2D eigenvalue weighted by atomic mass is 10.0. The van der Waals surface area contributed by atoms with Crippen molar-refractivity contribution in [2.75, 3.05) is 6.54 Å². The topological polar surface area (TPSA) is 67.1 Å². The summed E-state index contributed by atoms with van der Waals surface area (Å²) in [4.78, 5) is 2.09. The lowest BCUT2D eigenvalue weighted by molar-refractivity contribution is 0.171. The third-order valence-corrected chi connectivity index (χ3v) is 4.49. The summed E-state index contributed by atoms with van der Waals surface area (Å²) in [5.74, 6) is 0.412. The first-order chi connectivity index (χ1) is 12.2. The molecule has 0 amide bonds. The van der Waals surface area contributed by atoms with Gasteiger partial charge in [-0.05, 0) is 46.7 Å². The number of para-hydroxylation sites is 1. The number of β-amino-alcohol motifs (C(OH)–C–C–N with tert-alkyl or cyclic N) is 1. The van der Waals surface area contributed by atoms with Crippen LogP contribution in [-0.2, 0) is 6.54 Å². The van der Waals surface area contributed by atoms with Crippen molar-refractivity contribution in [3.05, 3.63) is 71.8 Å². The molecule has 6 nitrogen and oxygen atoms in total. The van der Waals surface area contributed by atoms with Gasteiger partial charge < -0.3 is 5.11 Å². The van der Waals surface area contributed by atoms with Gasteiger partial charge in [0.05, 0.1) is 18.3 Å². The first-order valence-electron chi connectivity index (χ1n) is 8.21. The summed E-state index contributed by atoms with van der Waals surface area (Å²) in [6.45, 7) is 0.975. The van der Waals surface area contributed by atoms with Crippen LogP contribution in [0.4, 0.5) is 4.39 Å². The molecule has 7 heteroatoms. The standard InChI is InChI=1S/C18H18FN5O/c19-14-6-4-5-13(9-14)17-10-16(25)11-23(17)12-18-20-21-22-24(18)15-7-2-1-3-8-15/h1-9,16-17,25H,10-12H2/t16-,17+/m1/s1. The number of aliphatic hydroxyl groups is 1. The molecule has 0 unspecified atom stereocenters. The van der Waals surface area contributed by atoms with E-state index >= 15 is 0 Å². The van der Waals surface area contributed by atoms with E-state index in [2.05, 4.69) is 20.4 Å². The second-order valence-corrected chi connectivity index (χ2v) is 6.23. The Morgan fingerprint density at radius 2 is 1.96 bits per heavy atom. The van der Waals surface area contributed by atoms with E-state index in [1.54, 1.807) is 10.7 Å². The summed E-state index contributed by atoms with van der Waals surface area (Å²) in [5.41, 5.74) is 1.74. The molecule has 1 N–H and O–H groups in total. The summed E-state index contributed by atoms with van der Waals surface area (Å²) in [6.07, 6.45) is 0.116. The number of likely N-dealkylation sites (tertiary alicyclic amines) is 1. The van der Waals surface area contributed by atoms with Crippen molar-refractivity contribution >= 4 is 0 Å². The Bertz CT molecular complexity index is 853. The van der Waals surface area contributed by atoms with Gasteiger partial charge in [0.2, 0.25) is 0 Å². The van der Waals surface area contributed by atoms with Crippen LogP contribution in [0, 0.1) is 5.82 Å². The molecule has 2 atom stereocenters. The van der Waals surface area contributed by atoms with Crippen LogP contribution in [-0.4, -0.2) is 42.9 Å². The number of rotatable bonds is 4. The minimum atomic E-state index is -0.450. The molecule has 0 radical (unpaired) electrons. The normalized spacial score (nSPS) is 20.9. The van der Waals surface area contributed by atoms with Crippen LogP contribution in [0.15, 0.2) is 54.6 Å². The van der Waals surface area contributed by atoms with Gasteiger partial charge in [-0.2, -0.15) is 4.68 Å². The molecule has 1 aliphatic rings. The molecular formula is C18H18FN5O. The molecule has 25 heavy (non-hydrogen) atoms. The monoisotopic (exact) mass is 339 g/mol. The number of aromatic nitrogens is 4. The predicted molar refractivity (Wildman–Crippen MR) is 89.3 cm³/mol. The zero-order chi connectivity index (χ0) is 17.2. The molecule has 1 aliphatic heterocycles. The van der Waals surface area contributed by atoms with Gasteiger partial charge in [-0.15, -0.1) is 5.10 Å². The van der Waals surface area contributed by atoms with Crippen LogP contribution in [0.5, 0.6) is 0 Å². The average Bonchev–Trinajstić information content (AvgIpc) is 3.22. The van der Waals surface area contributed by atoms with E-state index < -0.39 is 6.10 Å². The molecule has 3 aromatic rings. The molecule has 4 rings (SSSR count). The molecule has 0 bridgehead atoms. The Morgan fingerprint density at radius 3 is 2.76 bits per heavy atom. The maximum Gasteiger partial charge on any atom is 0.170 e. The van der Waals surface area contributed by atoms with E-state index in [4.69, 9.17) is 0 Å². The molecule has 128 valence electrons. The van der Waals surface area contributed by atoms with E-state index in [9.17, 15) is 9.50 Å². The van der Waals surface area contributed by atoms with Crippen LogP contribution >= 0.6 is 0 Å². The van der Waals surface area contributed by atoms with Crippen LogP contribution < -0.4 is 0 Å². The molecule has 0 saturated carbocycles. The van der Waals surface area contributed by atoms with Gasteiger partial charge in [-0.25, -0.2) is 4.39 Å². The Hall–Kier alpha value is -2.64. The van der Waals surface area contributed by atoms with Crippen LogP contribution in [0.2, 0.25) is 0 Å². The van der Waals surface area contributed by atoms with Gasteiger partial charge in [0, 0.05) is 12.6 Å². The first-order valence-corrected chi connectivity index (χ1v) is 8.21. The van der Waals surface area contributed by atoms with Crippen molar-refractivity contribution < 1.29 is 9.50 Å². The minimum Gasteiger partial charge on any atom is -0.392 e. The summed E-state index contributed by atoms with van der Waals surface area (Å²) in [5, 5.41) is 22.1. The molecule has 0 spiro atoms. The van der Waals surface area contributed by atoms with E-state index in [0.29, 0.717) is 25.3 Å². The van der Waals surface area contributed by atoms with Crippen molar-refractivity contribution in [1.29, 1.82) is 0 Å². The van der Waals surface area contributed by atoms with Crippen molar-refractivity contribution in [3.8, 4) is 5.69 Å². The number of hydrogen-bond acceptors (Lipinski definition) is 5. The molecule has 1 fully saturated rings. The lowest BCUT2D eigenvalue weighted by Crippen LogP contribution is -2.26. The number of benzene rings is 2. The van der Waals surface area contributed by atoms with Gasteiger partial charge in [-0.1, -0.05) is 30.3 Å². The largest absolute Gasteiger partial charge is 0.392 e. The second kappa shape index (κ2) is 6.70. The Kier molecular flexibility index (Phi) is 4.25. The SMILES string of the molecule is O[C@@H]1C[C@@H](c2cccc(F)c2)N(Cc2nnnn2-c2ccccc2)C1. The Balaban J connectivity index is 1.61. The van der Waals surface area contributed by atoms with Crippen molar-refractivity contribution in [3.63, 3.8) is 0 Å². The first kappa shape index (κ1) is 15.9. The molecule has 2 aromatic carbocycles. The number of halogens is 1. The average molecular weight is 339 g/mol. The van der Waals surface area contributed by atoms with Crippen LogP contribution in [0.3, 0.4) is 0 Å². The summed E-state index contributed by atoms with van der Waals surface area (Å²) in [6, 6.07) is 16.1. The smallest absolute Gasteiger partial charge is 0.170 e. The van der Waals surface area contributed by atoms with Gasteiger partial charge in [0.15, 0.2) is 5.82 Å². The number of tetrazole rings is 1. The van der Waals surface area contributed by atoms with Gasteiger partial charge in [-0.3, -0.25) is 4.90 Å². The van der Waals surface area contributed by atoms with Crippen LogP contribution in [0.1, 0.15) is 23.9 Å². The molecule has 2 heterocycles. The van der Waals surface area contributed by atoms with E-state index in [-0.39, 0.29) is 11.9 Å². The highest BCUT2D eigenvalue weighted by Gasteiger charge is 2.33. The van der Waals surface area contributed by atoms with Gasteiger partial charge >= 0.3 is 0 Å². The highest BCUT2D eigenvalue weighted by atomic mass is 19.1. The summed E-state index contributed by atoms with van der Waals surface area (Å²) >= 11 is 0. The highest BCUT2D eigenvalue weighted by molar-refractivity contribution is 5.30. The number of nitrogens with zero attached hydrogens (tertiary/aromatic N) is 5. The van der Waals surface area contributed by atoms with Crippen molar-refractivity contribution in [2.45, 2.75) is 25.1 Å². The zero-order valence-electron chi connectivity index (χ0n) is 13.5. The third-order valence-electron chi connectivity index (χ3n) is 4.49. The molecular weight excluding hydrogens is 321 g/mol. The number of hydrogen-bond donors (Lipinski definition) is 1. The molecule has 1 saturated heterocycles. The lowest BCUT2D eigenvalue weighted by Gasteiger charge is -2.23. The van der Waals surface area contributed by atoms with Gasteiger partial charge in [0.25, 0.3) is 0 Å². The quantitative estimate of drug-likeness (QED) is 0.788. The summed E-state index contributed by atoms with van der Waals surface area (Å²) in [7, 11) is 0. The van der Waals surface area contributed by atoms with Crippen LogP contribution in [0.25, 0.3) is 5.69 Å². The fourth-order valence-electron chi connectivity index (χ4n) is 3.37. The second-order valence-electron chi connectivity index (χ2n) is 6.23. The Labute approximate surface area is 144 Å². The maximum absolute atomic E-state index is 13.6. The van der Waals surface area contributed by atoms with E-state index in [0.717, 1.165) is 11.3 Å². The van der Waals surface area contributed by atoms with Gasteiger partial charge in [0.1, 0.15) is 5.82 Å². The van der Waals surface area contributed by atoms with Crippen molar-refractivity contribution in [1.82, 2.24) is 25.1 Å². The molecule has 1 aromatic heterocycles. The fraction of sp³-hybridized carbons (Fsp3) is 0.278. The predicted octanol–water partition coefficient (Wildman–Crippen LogP) is 2.11. The Morgan fingerprint density at radius 1 is 1.12 bits per heavy atom. The van der Waals surface area contributed by atoms with E-state index in [1.807, 2.05) is 36.4 Å². The van der Waals surface area contributed by atoms with E-state index in [1.165, 1.54) is 12.1 Å². The van der Waals surface area contributed by atoms with Crippen molar-refractivity contribution in [2.24, 2.45) is 0 Å². The molecule has 0 aliphatic carbocycles. The summed E-state index contributed by atoms with van der Waals surface area (Å²) < 4.78 is 15.3. The minimum absolute atomic E-state index is 0.0633. The number of aliphatic hydroxyl groups excluding tert-OH is 1.